The third-order valence-corrected chi connectivity index (χ3v) is 1.65. The quantitative estimate of drug-likeness (QED) is 0.262. The van der Waals surface area contributed by atoms with Crippen LogP contribution in [0.25, 0.3) is 10.6 Å². The van der Waals surface area contributed by atoms with Crippen molar-refractivity contribution in [3.05, 3.63) is 38.3 Å². The van der Waals surface area contributed by atoms with E-state index < -0.39 is 50.1 Å². The normalized spacial score (nSPS) is 8.83. The molecule has 0 atom stereocenters. The minimum atomic E-state index is -1.11. The van der Waals surface area contributed by atoms with Crippen molar-refractivity contribution >= 4 is 23.9 Å². The molecule has 4 N–H and O–H groups in total. The van der Waals surface area contributed by atoms with Crippen molar-refractivity contribution in [2.75, 3.05) is 26.2 Å². The van der Waals surface area contributed by atoms with Gasteiger partial charge in [-0.3, -0.25) is 19.2 Å². The average molecular weight is 1010 g/mol. The summed E-state index contributed by atoms with van der Waals surface area (Å²) in [5.74, 6) is -4.46. The van der Waals surface area contributed by atoms with Gasteiger partial charge in [-0.25, -0.2) is 0 Å². The van der Waals surface area contributed by atoms with Gasteiger partial charge in [-0.15, -0.1) is 0 Å². The topological polar surface area (TPSA) is 177 Å². The molecular weight excluding hydrogens is 981 g/mol. The molecule has 3 radical (unpaired) electrons. The Morgan fingerprint density at radius 2 is 0.724 bits per heavy atom. The van der Waals surface area contributed by atoms with Crippen molar-refractivity contribution < 1.29 is 180 Å². The van der Waals surface area contributed by atoms with Crippen molar-refractivity contribution in [2.24, 2.45) is 0 Å². The number of hydrogen-bond donors (Lipinski definition) is 4. The molecule has 0 heterocycles. The molecule has 1 rings (SSSR count). The van der Waals surface area contributed by atoms with Gasteiger partial charge in [0.15, 0.2) is 0 Å². The van der Waals surface area contributed by atoms with Crippen LogP contribution in [-0.2, 0) is 159 Å². The predicted molar refractivity (Wildman–Crippen MR) is 87.4 cm³/mol. The molecule has 1 aliphatic rings. The Kier molecular flexibility index (Phi) is 88.2. The summed E-state index contributed by atoms with van der Waals surface area (Å²) in [4.78, 5) is 38.8. The van der Waals surface area contributed by atoms with Gasteiger partial charge >= 0.3 is 42.1 Å². The van der Waals surface area contributed by atoms with E-state index in [0.29, 0.717) is 0 Å². The molecule has 0 unspecified atom stereocenters. The molecule has 10 nitrogen and oxygen atoms in total. The van der Waals surface area contributed by atoms with Crippen molar-refractivity contribution in [3.63, 3.8) is 0 Å². The van der Waals surface area contributed by atoms with Crippen LogP contribution in [0.4, 0.5) is 0 Å². The Hall–Kier alpha value is 2.49. The number of aliphatic carboxylic acids is 4. The number of nitrogens with zero attached hydrogens (tertiary/aromatic N) is 2. The second-order valence-electron chi connectivity index (χ2n) is 3.70. The Labute approximate surface area is 276 Å². The van der Waals surface area contributed by atoms with E-state index >= 15 is 0 Å². The Balaban J connectivity index is -0.0000000274. The first kappa shape index (κ1) is 57.9. The molecule has 0 bridgehead atoms. The molecule has 0 aromatic rings. The SMILES string of the molecule is O=C(O)C[N-]CC(=O)O.O=C(O)C[N-]CC(=O)O.[CH-]1C[CH-]C1.[CH3-].[CH3-].[Pt+2].[Pt+2].[Y].[Y].[Y]. The van der Waals surface area contributed by atoms with Crippen LogP contribution in [-0.4, -0.2) is 70.5 Å². The van der Waals surface area contributed by atoms with Gasteiger partial charge in [-0.05, 0) is 26.2 Å². The van der Waals surface area contributed by atoms with E-state index in [-0.39, 0.29) is 155 Å². The summed E-state index contributed by atoms with van der Waals surface area (Å²) in [6.07, 6.45) is 7.00. The zero-order valence-electron chi connectivity index (χ0n) is 16.1. The fraction of sp³-hybridized carbons (Fsp3) is 0.429. The van der Waals surface area contributed by atoms with Crippen LogP contribution in [0.15, 0.2) is 0 Å². The van der Waals surface area contributed by atoms with Crippen LogP contribution in [0.3, 0.4) is 0 Å². The summed E-state index contributed by atoms with van der Waals surface area (Å²) in [5, 5.41) is 38.1. The first-order chi connectivity index (χ1) is 10.3. The van der Waals surface area contributed by atoms with Gasteiger partial charge in [0.1, 0.15) is 0 Å². The number of carboxylic acids is 4. The van der Waals surface area contributed by atoms with Gasteiger partial charge in [0.25, 0.3) is 23.9 Å². The van der Waals surface area contributed by atoms with Crippen molar-refractivity contribution in [1.82, 2.24) is 0 Å². The molecule has 1 saturated carbocycles. The van der Waals surface area contributed by atoms with E-state index in [0.717, 1.165) is 0 Å². The van der Waals surface area contributed by atoms with Gasteiger partial charge in [0, 0.05) is 98.1 Å². The van der Waals surface area contributed by atoms with E-state index in [1.165, 1.54) is 12.8 Å². The molecule has 29 heavy (non-hydrogen) atoms. The maximum absolute atomic E-state index is 9.69. The standard InChI is InChI=1S/2C4H6NO4.C4H6.2CH3.2Pt.3Y/c2*6-3(7)1-5-2-4(8)9;1-2-4-3-1;;;;;;;/h2*1-2H2,(H,6,7)(H,8,9);1,4H,2-3H2;2*1H3;;;;;/q2*-1;-2;2*-1;2*+2;;;. The van der Waals surface area contributed by atoms with Gasteiger partial charge in [-0.1, -0.05) is 0 Å². The van der Waals surface area contributed by atoms with E-state index in [9.17, 15) is 19.2 Å². The molecule has 1 aliphatic carbocycles. The Bertz CT molecular complexity index is 319. The molecular formula is C14H24N2O8Pt2Y3-2. The summed E-state index contributed by atoms with van der Waals surface area (Å²) in [7, 11) is 0. The molecule has 0 aliphatic heterocycles. The maximum Gasteiger partial charge on any atom is 2.00 e. The van der Waals surface area contributed by atoms with E-state index in [4.69, 9.17) is 20.4 Å². The minimum absolute atomic E-state index is 0. The third kappa shape index (κ3) is 72.4. The van der Waals surface area contributed by atoms with E-state index in [1.54, 1.807) is 0 Å². The van der Waals surface area contributed by atoms with Gasteiger partial charge in [-0.2, -0.15) is 0 Å². The summed E-state index contributed by atoms with van der Waals surface area (Å²) < 4.78 is 0. The average Bonchev–Trinajstić information content (AvgIpc) is 2.25. The second kappa shape index (κ2) is 44.2. The third-order valence-electron chi connectivity index (χ3n) is 1.65. The summed E-state index contributed by atoms with van der Waals surface area (Å²) in [6, 6.07) is 0. The largest absolute Gasteiger partial charge is 2.00 e. The van der Waals surface area contributed by atoms with E-state index in [2.05, 4.69) is 23.5 Å². The molecule has 0 spiro atoms. The van der Waals surface area contributed by atoms with Crippen LogP contribution < -0.4 is 0 Å². The maximum atomic E-state index is 9.69. The van der Waals surface area contributed by atoms with Gasteiger partial charge in [0.2, 0.25) is 0 Å². The number of carbonyl (C=O) groups is 4. The molecule has 0 aromatic heterocycles. The van der Waals surface area contributed by atoms with Crippen molar-refractivity contribution in [3.8, 4) is 0 Å². The zero-order chi connectivity index (χ0) is 17.4. The van der Waals surface area contributed by atoms with Crippen molar-refractivity contribution in [1.29, 1.82) is 0 Å². The minimum Gasteiger partial charge on any atom is -0.644 e. The smallest absolute Gasteiger partial charge is 0.644 e. The first-order valence-electron chi connectivity index (χ1n) is 6.02. The van der Waals surface area contributed by atoms with Crippen LogP contribution in [0.2, 0.25) is 0 Å². The fourth-order valence-corrected chi connectivity index (χ4v) is 0.661. The van der Waals surface area contributed by atoms with Crippen LogP contribution >= 0.6 is 0 Å². The molecule has 0 saturated heterocycles. The van der Waals surface area contributed by atoms with Gasteiger partial charge in [0.05, 0.1) is 0 Å². The monoisotopic (exact) mass is 1000 g/mol. The zero-order valence-corrected chi connectivity index (χ0v) is 29.1. The molecule has 169 valence electrons. The van der Waals surface area contributed by atoms with Crippen LogP contribution in [0.1, 0.15) is 12.8 Å². The summed E-state index contributed by atoms with van der Waals surface area (Å²) >= 11 is 0. The molecule has 1 fully saturated rings. The predicted octanol–water partition coefficient (Wildman–Crippen LogP) is 1.14. The summed E-state index contributed by atoms with van der Waals surface area (Å²) in [6.45, 7) is -1.75. The molecule has 0 aromatic carbocycles. The molecule has 15 heteroatoms. The van der Waals surface area contributed by atoms with Gasteiger partial charge < -0.3 is 71.6 Å². The van der Waals surface area contributed by atoms with Crippen LogP contribution in [0.5, 0.6) is 0 Å². The first-order valence-corrected chi connectivity index (χ1v) is 6.02. The summed E-state index contributed by atoms with van der Waals surface area (Å²) in [5.41, 5.74) is 0. The Morgan fingerprint density at radius 3 is 0.793 bits per heavy atom. The van der Waals surface area contributed by atoms with Crippen molar-refractivity contribution in [2.45, 2.75) is 12.8 Å². The molecule has 0 amide bonds. The van der Waals surface area contributed by atoms with Crippen LogP contribution in [0, 0.1) is 27.7 Å². The Morgan fingerprint density at radius 1 is 0.586 bits per heavy atom. The second-order valence-corrected chi connectivity index (χ2v) is 3.70. The number of hydrogen-bond acceptors (Lipinski definition) is 4. The van der Waals surface area contributed by atoms with E-state index in [1.807, 2.05) is 0 Å². The number of carboxylic acid groups (broad SMARTS) is 4. The number of rotatable bonds is 8. The fourth-order valence-electron chi connectivity index (χ4n) is 0.661.